The molecule has 33 heavy (non-hydrogen) atoms. The Morgan fingerprint density at radius 2 is 1.94 bits per heavy atom. The highest BCUT2D eigenvalue weighted by Gasteiger charge is 2.27. The van der Waals surface area contributed by atoms with E-state index in [9.17, 15) is 4.79 Å². The van der Waals surface area contributed by atoms with Crippen LogP contribution in [0.15, 0.2) is 75.9 Å². The fourth-order valence-electron chi connectivity index (χ4n) is 3.92. The monoisotopic (exact) mass is 463 g/mol. The molecule has 0 spiro atoms. The zero-order chi connectivity index (χ0) is 22.6. The van der Waals surface area contributed by atoms with E-state index in [-0.39, 0.29) is 17.9 Å². The smallest absolute Gasteiger partial charge is 0.259 e. The first-order chi connectivity index (χ1) is 16.2. The Morgan fingerprint density at radius 1 is 1.09 bits per heavy atom. The van der Waals surface area contributed by atoms with Crippen LogP contribution in [0.25, 0.3) is 22.8 Å². The summed E-state index contributed by atoms with van der Waals surface area (Å²) in [6.07, 6.45) is 3.54. The zero-order valence-electron chi connectivity index (χ0n) is 17.8. The molecule has 1 atom stereocenters. The summed E-state index contributed by atoms with van der Waals surface area (Å²) >= 11 is 5.97. The van der Waals surface area contributed by atoms with Gasteiger partial charge in [-0.3, -0.25) is 4.79 Å². The van der Waals surface area contributed by atoms with Crippen molar-refractivity contribution in [1.82, 2.24) is 15.0 Å². The molecule has 168 valence electrons. The Kier molecular flexibility index (Phi) is 6.24. The third kappa shape index (κ3) is 4.84. The third-order valence-electron chi connectivity index (χ3n) is 5.58. The van der Waals surface area contributed by atoms with E-state index in [1.54, 1.807) is 29.4 Å². The van der Waals surface area contributed by atoms with E-state index in [0.29, 0.717) is 40.8 Å². The Hall–Kier alpha value is -3.42. The van der Waals surface area contributed by atoms with Crippen LogP contribution in [0.1, 0.15) is 29.0 Å². The Labute approximate surface area is 195 Å². The number of nitrogens with zero attached hydrogens (tertiary/aromatic N) is 3. The van der Waals surface area contributed by atoms with Crippen LogP contribution in [-0.4, -0.2) is 40.2 Å². The molecule has 0 aliphatic carbocycles. The minimum absolute atomic E-state index is 0.0102. The van der Waals surface area contributed by atoms with Crippen molar-refractivity contribution in [3.8, 4) is 22.8 Å². The number of carbonyl (C=O) groups excluding carboxylic acids is 1. The average molecular weight is 464 g/mol. The van der Waals surface area contributed by atoms with Crippen molar-refractivity contribution in [1.29, 1.82) is 0 Å². The molecule has 7 nitrogen and oxygen atoms in total. The summed E-state index contributed by atoms with van der Waals surface area (Å²) in [5.74, 6) is 1.26. The van der Waals surface area contributed by atoms with Crippen molar-refractivity contribution in [2.24, 2.45) is 0 Å². The van der Waals surface area contributed by atoms with Gasteiger partial charge in [-0.05, 0) is 61.4 Å². The molecule has 2 aromatic heterocycles. The second kappa shape index (κ2) is 9.60. The summed E-state index contributed by atoms with van der Waals surface area (Å²) in [5.41, 5.74) is 1.83. The van der Waals surface area contributed by atoms with Crippen molar-refractivity contribution in [3.05, 3.63) is 83.3 Å². The predicted octanol–water partition coefficient (Wildman–Crippen LogP) is 5.47. The highest BCUT2D eigenvalue weighted by molar-refractivity contribution is 6.30. The molecular weight excluding hydrogens is 442 g/mol. The molecule has 0 bridgehead atoms. The van der Waals surface area contributed by atoms with Crippen molar-refractivity contribution in [2.75, 3.05) is 13.2 Å². The molecule has 1 aliphatic rings. The summed E-state index contributed by atoms with van der Waals surface area (Å²) in [5, 5.41) is 4.72. The van der Waals surface area contributed by atoms with Crippen LogP contribution < -0.4 is 0 Å². The number of hydrogen-bond acceptors (Lipinski definition) is 6. The number of ether oxygens (including phenoxy) is 1. The molecule has 8 heteroatoms. The van der Waals surface area contributed by atoms with Crippen LogP contribution in [0.3, 0.4) is 0 Å². The Balaban J connectivity index is 1.45. The molecule has 1 saturated heterocycles. The SMILES string of the molecule is O=C(c1ccccc1-c1nc(-c2ccc(Cl)cc2)no1)N(Cc1ccco1)CC1CCCO1. The van der Waals surface area contributed by atoms with Gasteiger partial charge in [0.25, 0.3) is 11.8 Å². The summed E-state index contributed by atoms with van der Waals surface area (Å²) in [4.78, 5) is 20.0. The van der Waals surface area contributed by atoms with Gasteiger partial charge < -0.3 is 18.6 Å². The van der Waals surface area contributed by atoms with E-state index in [1.807, 2.05) is 42.5 Å². The summed E-state index contributed by atoms with van der Waals surface area (Å²) in [7, 11) is 0. The lowest BCUT2D eigenvalue weighted by molar-refractivity contribution is 0.0492. The lowest BCUT2D eigenvalue weighted by Gasteiger charge is -2.25. The van der Waals surface area contributed by atoms with Crippen LogP contribution in [0.2, 0.25) is 5.02 Å². The molecule has 3 heterocycles. The molecule has 4 aromatic rings. The molecule has 1 amide bonds. The summed E-state index contributed by atoms with van der Waals surface area (Å²) in [6.45, 7) is 1.55. The third-order valence-corrected chi connectivity index (χ3v) is 5.83. The first kappa shape index (κ1) is 21.4. The van der Waals surface area contributed by atoms with Gasteiger partial charge in [-0.25, -0.2) is 0 Å². The van der Waals surface area contributed by atoms with Crippen molar-refractivity contribution in [2.45, 2.75) is 25.5 Å². The van der Waals surface area contributed by atoms with E-state index >= 15 is 0 Å². The summed E-state index contributed by atoms with van der Waals surface area (Å²) < 4.78 is 16.8. The largest absolute Gasteiger partial charge is 0.467 e. The quantitative estimate of drug-likeness (QED) is 0.361. The minimum atomic E-state index is -0.149. The normalized spacial score (nSPS) is 15.6. The van der Waals surface area contributed by atoms with Crippen LogP contribution in [-0.2, 0) is 11.3 Å². The second-order valence-electron chi connectivity index (χ2n) is 7.88. The number of rotatable bonds is 7. The van der Waals surface area contributed by atoms with Crippen molar-refractivity contribution < 1.29 is 18.5 Å². The van der Waals surface area contributed by atoms with Crippen molar-refractivity contribution >= 4 is 17.5 Å². The lowest BCUT2D eigenvalue weighted by atomic mass is 10.1. The van der Waals surface area contributed by atoms with E-state index in [1.165, 1.54) is 0 Å². The highest BCUT2D eigenvalue weighted by atomic mass is 35.5. The molecule has 1 aliphatic heterocycles. The number of furan rings is 1. The maximum atomic E-state index is 13.7. The van der Waals surface area contributed by atoms with Crippen molar-refractivity contribution in [3.63, 3.8) is 0 Å². The first-order valence-corrected chi connectivity index (χ1v) is 11.2. The van der Waals surface area contributed by atoms with Gasteiger partial charge in [-0.1, -0.05) is 28.9 Å². The van der Waals surface area contributed by atoms with Crippen LogP contribution in [0.5, 0.6) is 0 Å². The highest BCUT2D eigenvalue weighted by Crippen LogP contribution is 2.28. The van der Waals surface area contributed by atoms with Gasteiger partial charge in [0.15, 0.2) is 0 Å². The number of benzene rings is 2. The van der Waals surface area contributed by atoms with E-state index in [0.717, 1.165) is 25.0 Å². The molecule has 1 unspecified atom stereocenters. The van der Waals surface area contributed by atoms with Crippen LogP contribution in [0.4, 0.5) is 0 Å². The Morgan fingerprint density at radius 3 is 2.70 bits per heavy atom. The fourth-order valence-corrected chi connectivity index (χ4v) is 4.05. The van der Waals surface area contributed by atoms with E-state index in [4.69, 9.17) is 25.3 Å². The van der Waals surface area contributed by atoms with E-state index < -0.39 is 0 Å². The molecule has 1 fully saturated rings. The maximum absolute atomic E-state index is 13.7. The number of amides is 1. The lowest BCUT2D eigenvalue weighted by Crippen LogP contribution is -2.37. The maximum Gasteiger partial charge on any atom is 0.259 e. The van der Waals surface area contributed by atoms with Crippen LogP contribution in [0, 0.1) is 0 Å². The molecule has 0 N–H and O–H groups in total. The topological polar surface area (TPSA) is 81.6 Å². The molecule has 5 rings (SSSR count). The minimum Gasteiger partial charge on any atom is -0.467 e. The predicted molar refractivity (Wildman–Crippen MR) is 123 cm³/mol. The standard InChI is InChI=1S/C25H22ClN3O4/c26-18-11-9-17(10-12-18)23-27-24(33-28-23)21-7-1-2-8-22(21)25(30)29(15-19-5-3-13-31-19)16-20-6-4-14-32-20/h1-3,5,7-13,20H,4,6,14-16H2. The number of carbonyl (C=O) groups is 1. The number of hydrogen-bond donors (Lipinski definition) is 0. The van der Waals surface area contributed by atoms with Gasteiger partial charge in [-0.2, -0.15) is 4.98 Å². The van der Waals surface area contributed by atoms with Gasteiger partial charge in [0.05, 0.1) is 30.0 Å². The van der Waals surface area contributed by atoms with Gasteiger partial charge in [0.1, 0.15) is 5.76 Å². The Bertz CT molecular complexity index is 1210. The molecule has 0 saturated carbocycles. The number of halogens is 1. The first-order valence-electron chi connectivity index (χ1n) is 10.8. The zero-order valence-corrected chi connectivity index (χ0v) is 18.6. The van der Waals surface area contributed by atoms with Gasteiger partial charge in [0, 0.05) is 23.7 Å². The second-order valence-corrected chi connectivity index (χ2v) is 8.31. The average Bonchev–Trinajstić information content (AvgIpc) is 3.62. The van der Waals surface area contributed by atoms with Crippen LogP contribution >= 0.6 is 11.6 Å². The van der Waals surface area contributed by atoms with Gasteiger partial charge in [0.2, 0.25) is 5.82 Å². The molecule has 0 radical (unpaired) electrons. The summed E-state index contributed by atoms with van der Waals surface area (Å²) in [6, 6.07) is 18.1. The van der Waals surface area contributed by atoms with Gasteiger partial charge >= 0.3 is 0 Å². The van der Waals surface area contributed by atoms with Gasteiger partial charge in [-0.15, -0.1) is 0 Å². The molecular formula is C25H22ClN3O4. The number of aromatic nitrogens is 2. The molecule has 2 aromatic carbocycles. The fraction of sp³-hybridized carbons (Fsp3) is 0.240. The van der Waals surface area contributed by atoms with E-state index in [2.05, 4.69) is 10.1 Å².